The van der Waals surface area contributed by atoms with Crippen molar-refractivity contribution in [2.75, 3.05) is 13.1 Å². The number of carbonyl (C=O) groups excluding carboxylic acids is 1. The fourth-order valence-electron chi connectivity index (χ4n) is 2.05. The second kappa shape index (κ2) is 8.72. The van der Waals surface area contributed by atoms with E-state index in [0.29, 0.717) is 12.3 Å². The van der Waals surface area contributed by atoms with E-state index in [1.807, 2.05) is 17.4 Å². The third kappa shape index (κ3) is 5.34. The van der Waals surface area contributed by atoms with E-state index in [-0.39, 0.29) is 0 Å². The smallest absolute Gasteiger partial charge is 0.222 e. The Hall–Kier alpha value is -1.32. The summed E-state index contributed by atoms with van der Waals surface area (Å²) in [6.07, 6.45) is 10.3. The van der Waals surface area contributed by atoms with Crippen LogP contribution in [0.2, 0.25) is 0 Å². The van der Waals surface area contributed by atoms with E-state index < -0.39 is 0 Å². The number of unbranched alkanes of at least 4 members (excludes halogenated alkanes) is 1. The highest BCUT2D eigenvalue weighted by molar-refractivity contribution is 5.76. The SMILES string of the molecule is CCCN(CCC)C(=O)CCCCn1ccnc1. The van der Waals surface area contributed by atoms with Gasteiger partial charge in [-0.3, -0.25) is 4.79 Å². The number of hydrogen-bond acceptors (Lipinski definition) is 2. The molecule has 1 heterocycles. The van der Waals surface area contributed by atoms with Gasteiger partial charge in [0.1, 0.15) is 0 Å². The van der Waals surface area contributed by atoms with Crippen LogP contribution in [-0.4, -0.2) is 33.4 Å². The molecule has 0 bridgehead atoms. The summed E-state index contributed by atoms with van der Waals surface area (Å²) in [5, 5.41) is 0. The average Bonchev–Trinajstić information content (AvgIpc) is 2.87. The zero-order valence-electron chi connectivity index (χ0n) is 11.6. The van der Waals surface area contributed by atoms with Crippen LogP contribution in [0, 0.1) is 0 Å². The van der Waals surface area contributed by atoms with Gasteiger partial charge in [-0.15, -0.1) is 0 Å². The van der Waals surface area contributed by atoms with Gasteiger partial charge in [0, 0.05) is 38.4 Å². The largest absolute Gasteiger partial charge is 0.343 e. The second-order valence-electron chi connectivity index (χ2n) is 4.64. The Morgan fingerprint density at radius 2 is 1.94 bits per heavy atom. The molecule has 0 atom stereocenters. The van der Waals surface area contributed by atoms with E-state index >= 15 is 0 Å². The minimum Gasteiger partial charge on any atom is -0.343 e. The zero-order valence-corrected chi connectivity index (χ0v) is 11.6. The molecule has 1 aromatic rings. The van der Waals surface area contributed by atoms with Gasteiger partial charge < -0.3 is 9.47 Å². The van der Waals surface area contributed by atoms with Crippen molar-refractivity contribution >= 4 is 5.91 Å². The molecule has 1 aromatic heterocycles. The molecule has 0 aromatic carbocycles. The van der Waals surface area contributed by atoms with E-state index in [4.69, 9.17) is 0 Å². The summed E-state index contributed by atoms with van der Waals surface area (Å²) in [7, 11) is 0. The number of aromatic nitrogens is 2. The Bertz CT molecular complexity index is 316. The highest BCUT2D eigenvalue weighted by Crippen LogP contribution is 2.04. The molecule has 0 saturated heterocycles. The molecule has 18 heavy (non-hydrogen) atoms. The number of hydrogen-bond donors (Lipinski definition) is 0. The fraction of sp³-hybridized carbons (Fsp3) is 0.714. The molecule has 0 unspecified atom stereocenters. The van der Waals surface area contributed by atoms with Crippen molar-refractivity contribution in [1.82, 2.24) is 14.5 Å². The van der Waals surface area contributed by atoms with Crippen molar-refractivity contribution in [2.24, 2.45) is 0 Å². The zero-order chi connectivity index (χ0) is 13.2. The molecule has 102 valence electrons. The molecule has 0 aliphatic rings. The molecule has 4 nitrogen and oxygen atoms in total. The topological polar surface area (TPSA) is 38.1 Å². The number of amides is 1. The standard InChI is InChI=1S/C14H25N3O/c1-3-9-17(10-4-2)14(18)7-5-6-11-16-12-8-15-13-16/h8,12-13H,3-7,9-11H2,1-2H3. The molecular formula is C14H25N3O. The first-order chi connectivity index (χ1) is 8.77. The summed E-state index contributed by atoms with van der Waals surface area (Å²) in [6, 6.07) is 0. The van der Waals surface area contributed by atoms with E-state index in [1.165, 1.54) is 0 Å². The fourth-order valence-corrected chi connectivity index (χ4v) is 2.05. The first-order valence-electron chi connectivity index (χ1n) is 7.01. The third-order valence-corrected chi connectivity index (χ3v) is 2.96. The van der Waals surface area contributed by atoms with Gasteiger partial charge in [0.15, 0.2) is 0 Å². The number of nitrogens with zero attached hydrogens (tertiary/aromatic N) is 3. The molecule has 1 amide bonds. The molecular weight excluding hydrogens is 226 g/mol. The van der Waals surface area contributed by atoms with Crippen LogP contribution in [0.5, 0.6) is 0 Å². The van der Waals surface area contributed by atoms with Crippen molar-refractivity contribution < 1.29 is 4.79 Å². The average molecular weight is 251 g/mol. The van der Waals surface area contributed by atoms with Gasteiger partial charge in [0.25, 0.3) is 0 Å². The molecule has 0 fully saturated rings. The van der Waals surface area contributed by atoms with Crippen LogP contribution in [0.25, 0.3) is 0 Å². The van der Waals surface area contributed by atoms with Crippen LogP contribution in [0.1, 0.15) is 46.0 Å². The monoisotopic (exact) mass is 251 g/mol. The maximum atomic E-state index is 12.0. The number of imidazole rings is 1. The lowest BCUT2D eigenvalue weighted by molar-refractivity contribution is -0.131. The van der Waals surface area contributed by atoms with Gasteiger partial charge in [-0.25, -0.2) is 4.98 Å². The van der Waals surface area contributed by atoms with Crippen molar-refractivity contribution in [3.63, 3.8) is 0 Å². The molecule has 0 aliphatic heterocycles. The lowest BCUT2D eigenvalue weighted by Crippen LogP contribution is -2.32. The Morgan fingerprint density at radius 1 is 1.22 bits per heavy atom. The minimum atomic E-state index is 0.310. The second-order valence-corrected chi connectivity index (χ2v) is 4.64. The van der Waals surface area contributed by atoms with Gasteiger partial charge in [0.05, 0.1) is 6.33 Å². The predicted octanol–water partition coefficient (Wildman–Crippen LogP) is 2.70. The quantitative estimate of drug-likeness (QED) is 0.633. The molecule has 0 saturated carbocycles. The van der Waals surface area contributed by atoms with Gasteiger partial charge in [0.2, 0.25) is 5.91 Å². The van der Waals surface area contributed by atoms with Crippen LogP contribution >= 0.6 is 0 Å². The Balaban J connectivity index is 2.18. The molecule has 4 heteroatoms. The Labute approximate surface area is 110 Å². The van der Waals surface area contributed by atoms with Crippen molar-refractivity contribution in [2.45, 2.75) is 52.5 Å². The number of rotatable bonds is 9. The summed E-state index contributed by atoms with van der Waals surface area (Å²) in [4.78, 5) is 18.0. The van der Waals surface area contributed by atoms with E-state index in [9.17, 15) is 4.79 Å². The van der Waals surface area contributed by atoms with E-state index in [2.05, 4.69) is 23.4 Å². The number of carbonyl (C=O) groups is 1. The number of aryl methyl sites for hydroxylation is 1. The highest BCUT2D eigenvalue weighted by Gasteiger charge is 2.10. The van der Waals surface area contributed by atoms with Crippen LogP contribution in [0.15, 0.2) is 18.7 Å². The minimum absolute atomic E-state index is 0.310. The van der Waals surface area contributed by atoms with Gasteiger partial charge >= 0.3 is 0 Å². The highest BCUT2D eigenvalue weighted by atomic mass is 16.2. The molecule has 1 rings (SSSR count). The van der Waals surface area contributed by atoms with Crippen molar-refractivity contribution in [3.05, 3.63) is 18.7 Å². The molecule has 0 aliphatic carbocycles. The lowest BCUT2D eigenvalue weighted by atomic mass is 10.2. The first-order valence-corrected chi connectivity index (χ1v) is 7.01. The van der Waals surface area contributed by atoms with Crippen LogP contribution in [-0.2, 0) is 11.3 Å². The molecule has 0 radical (unpaired) electrons. The van der Waals surface area contributed by atoms with Crippen LogP contribution in [0.4, 0.5) is 0 Å². The van der Waals surface area contributed by atoms with Gasteiger partial charge in [-0.05, 0) is 25.7 Å². The van der Waals surface area contributed by atoms with Crippen LogP contribution < -0.4 is 0 Å². The maximum absolute atomic E-state index is 12.0. The summed E-state index contributed by atoms with van der Waals surface area (Å²) in [5.74, 6) is 0.310. The third-order valence-electron chi connectivity index (χ3n) is 2.96. The van der Waals surface area contributed by atoms with Gasteiger partial charge in [-0.1, -0.05) is 13.8 Å². The Morgan fingerprint density at radius 3 is 2.50 bits per heavy atom. The first kappa shape index (κ1) is 14.7. The van der Waals surface area contributed by atoms with Gasteiger partial charge in [-0.2, -0.15) is 0 Å². The Kier molecular flexibility index (Phi) is 7.14. The van der Waals surface area contributed by atoms with Crippen molar-refractivity contribution in [3.8, 4) is 0 Å². The molecule has 0 N–H and O–H groups in total. The van der Waals surface area contributed by atoms with Crippen molar-refractivity contribution in [1.29, 1.82) is 0 Å². The summed E-state index contributed by atoms with van der Waals surface area (Å²) >= 11 is 0. The normalized spacial score (nSPS) is 10.6. The summed E-state index contributed by atoms with van der Waals surface area (Å²) in [5.41, 5.74) is 0. The summed E-state index contributed by atoms with van der Waals surface area (Å²) < 4.78 is 2.06. The lowest BCUT2D eigenvalue weighted by Gasteiger charge is -2.21. The predicted molar refractivity (Wildman–Crippen MR) is 73.2 cm³/mol. The molecule has 0 spiro atoms. The maximum Gasteiger partial charge on any atom is 0.222 e. The van der Waals surface area contributed by atoms with E-state index in [1.54, 1.807) is 6.20 Å². The van der Waals surface area contributed by atoms with E-state index in [0.717, 1.165) is 45.3 Å². The summed E-state index contributed by atoms with van der Waals surface area (Å²) in [6.45, 7) is 6.99. The van der Waals surface area contributed by atoms with Crippen LogP contribution in [0.3, 0.4) is 0 Å².